The largest absolute Gasteiger partial charge is 0.335 e. The molecule has 9 heteroatoms. The number of hydrogen-bond donors (Lipinski definition) is 2. The maximum atomic E-state index is 12.0. The standard InChI is InChI=1S/C15H13BrN6OS/c16-11-2-1-3-12(8-11)19-13(23)9-24-15-21-20-14(22(15)17)10-4-6-18-7-5-10/h1-8H,9,17H2,(H,19,23). The zero-order valence-electron chi connectivity index (χ0n) is 12.4. The van der Waals surface area contributed by atoms with Crippen molar-refractivity contribution in [3.8, 4) is 11.4 Å². The van der Waals surface area contributed by atoms with Gasteiger partial charge >= 0.3 is 0 Å². The molecule has 0 saturated heterocycles. The summed E-state index contributed by atoms with van der Waals surface area (Å²) < 4.78 is 2.27. The number of thioether (sulfide) groups is 1. The molecule has 2 aromatic heterocycles. The van der Waals surface area contributed by atoms with E-state index in [4.69, 9.17) is 5.84 Å². The number of hydrogen-bond acceptors (Lipinski definition) is 6. The van der Waals surface area contributed by atoms with Crippen LogP contribution < -0.4 is 11.2 Å². The van der Waals surface area contributed by atoms with Crippen LogP contribution >= 0.6 is 27.7 Å². The predicted molar refractivity (Wildman–Crippen MR) is 96.9 cm³/mol. The molecule has 1 aromatic carbocycles. The van der Waals surface area contributed by atoms with Gasteiger partial charge < -0.3 is 11.2 Å². The lowest BCUT2D eigenvalue weighted by Crippen LogP contribution is -2.16. The van der Waals surface area contributed by atoms with Crippen molar-refractivity contribution in [3.63, 3.8) is 0 Å². The lowest BCUT2D eigenvalue weighted by atomic mass is 10.2. The van der Waals surface area contributed by atoms with E-state index in [-0.39, 0.29) is 11.7 Å². The van der Waals surface area contributed by atoms with E-state index < -0.39 is 0 Å². The molecule has 0 aliphatic rings. The molecule has 0 bridgehead atoms. The second kappa shape index (κ2) is 7.45. The fraction of sp³-hybridized carbons (Fsp3) is 0.0667. The first kappa shape index (κ1) is 16.5. The molecular weight excluding hydrogens is 392 g/mol. The number of halogens is 1. The van der Waals surface area contributed by atoms with Crippen molar-refractivity contribution in [1.29, 1.82) is 0 Å². The monoisotopic (exact) mass is 404 g/mol. The van der Waals surface area contributed by atoms with E-state index >= 15 is 0 Å². The van der Waals surface area contributed by atoms with E-state index in [2.05, 4.69) is 36.4 Å². The van der Waals surface area contributed by atoms with E-state index in [0.717, 1.165) is 15.7 Å². The molecule has 0 fully saturated rings. The molecule has 0 saturated carbocycles. The van der Waals surface area contributed by atoms with Gasteiger partial charge in [0, 0.05) is 28.1 Å². The van der Waals surface area contributed by atoms with Crippen LogP contribution in [0.1, 0.15) is 0 Å². The Morgan fingerprint density at radius 2 is 2.04 bits per heavy atom. The smallest absolute Gasteiger partial charge is 0.234 e. The quantitative estimate of drug-likeness (QED) is 0.500. The van der Waals surface area contributed by atoms with Gasteiger partial charge in [-0.1, -0.05) is 33.8 Å². The minimum Gasteiger partial charge on any atom is -0.335 e. The Morgan fingerprint density at radius 1 is 1.25 bits per heavy atom. The summed E-state index contributed by atoms with van der Waals surface area (Å²) in [4.78, 5) is 16.0. The van der Waals surface area contributed by atoms with Crippen molar-refractivity contribution in [2.45, 2.75) is 5.16 Å². The van der Waals surface area contributed by atoms with Gasteiger partial charge in [0.2, 0.25) is 11.1 Å². The molecule has 0 radical (unpaired) electrons. The highest BCUT2D eigenvalue weighted by atomic mass is 79.9. The van der Waals surface area contributed by atoms with E-state index in [1.165, 1.54) is 16.4 Å². The lowest BCUT2D eigenvalue weighted by molar-refractivity contribution is -0.113. The highest BCUT2D eigenvalue weighted by Gasteiger charge is 2.13. The van der Waals surface area contributed by atoms with Gasteiger partial charge in [0.15, 0.2) is 5.82 Å². The highest BCUT2D eigenvalue weighted by Crippen LogP contribution is 2.21. The number of nitrogens with two attached hydrogens (primary N) is 1. The third-order valence-electron chi connectivity index (χ3n) is 3.04. The van der Waals surface area contributed by atoms with Crippen LogP contribution in [0.2, 0.25) is 0 Å². The van der Waals surface area contributed by atoms with Crippen molar-refractivity contribution in [3.05, 3.63) is 53.3 Å². The molecule has 0 unspecified atom stereocenters. The molecule has 3 rings (SSSR count). The van der Waals surface area contributed by atoms with Gasteiger partial charge in [-0.15, -0.1) is 10.2 Å². The maximum absolute atomic E-state index is 12.0. The lowest BCUT2D eigenvalue weighted by Gasteiger charge is -2.06. The number of rotatable bonds is 5. The second-order valence-corrected chi connectivity index (χ2v) is 6.62. The number of nitrogens with zero attached hydrogens (tertiary/aromatic N) is 4. The summed E-state index contributed by atoms with van der Waals surface area (Å²) in [5, 5.41) is 11.4. The van der Waals surface area contributed by atoms with Crippen LogP contribution in [0, 0.1) is 0 Å². The summed E-state index contributed by atoms with van der Waals surface area (Å²) in [6.45, 7) is 0. The van der Waals surface area contributed by atoms with E-state index in [1.807, 2.05) is 24.3 Å². The Balaban J connectivity index is 1.63. The average molecular weight is 405 g/mol. The minimum atomic E-state index is -0.147. The molecule has 0 spiro atoms. The number of benzene rings is 1. The first-order valence-corrected chi connectivity index (χ1v) is 8.70. The number of anilines is 1. The zero-order chi connectivity index (χ0) is 16.9. The molecule has 1 amide bonds. The third-order valence-corrected chi connectivity index (χ3v) is 4.48. The van der Waals surface area contributed by atoms with Crippen molar-refractivity contribution >= 4 is 39.3 Å². The number of nitrogens with one attached hydrogen (secondary N) is 1. The van der Waals surface area contributed by atoms with Gasteiger partial charge in [0.1, 0.15) is 0 Å². The Bertz CT molecular complexity index is 854. The van der Waals surface area contributed by atoms with Crippen LogP contribution in [0.25, 0.3) is 11.4 Å². The average Bonchev–Trinajstić information content (AvgIpc) is 2.94. The predicted octanol–water partition coefficient (Wildman–Crippen LogP) is 2.55. The molecule has 0 aliphatic carbocycles. The molecule has 7 nitrogen and oxygen atoms in total. The van der Waals surface area contributed by atoms with E-state index in [0.29, 0.717) is 11.0 Å². The van der Waals surface area contributed by atoms with Gasteiger partial charge in [-0.25, -0.2) is 4.68 Å². The maximum Gasteiger partial charge on any atom is 0.234 e. The number of carbonyl (C=O) groups is 1. The molecular formula is C15H13BrN6OS. The van der Waals surface area contributed by atoms with Gasteiger partial charge in [-0.05, 0) is 30.3 Å². The van der Waals surface area contributed by atoms with Gasteiger partial charge in [-0.2, -0.15) is 0 Å². The number of amides is 1. The summed E-state index contributed by atoms with van der Waals surface area (Å²) in [7, 11) is 0. The van der Waals surface area contributed by atoms with Crippen molar-refractivity contribution in [1.82, 2.24) is 19.9 Å². The summed E-state index contributed by atoms with van der Waals surface area (Å²) in [6, 6.07) is 11.0. The SMILES string of the molecule is Nn1c(SCC(=O)Nc2cccc(Br)c2)nnc1-c1ccncc1. The number of carbonyl (C=O) groups excluding carboxylic acids is 1. The van der Waals surface area contributed by atoms with Gasteiger partial charge in [0.05, 0.1) is 5.75 Å². The molecule has 0 atom stereocenters. The van der Waals surface area contributed by atoms with E-state index in [9.17, 15) is 4.79 Å². The van der Waals surface area contributed by atoms with Crippen LogP contribution in [-0.4, -0.2) is 31.5 Å². The molecule has 3 N–H and O–H groups in total. The van der Waals surface area contributed by atoms with Gasteiger partial charge in [-0.3, -0.25) is 9.78 Å². The Labute approximate surface area is 150 Å². The van der Waals surface area contributed by atoms with Crippen molar-refractivity contribution in [2.75, 3.05) is 16.9 Å². The minimum absolute atomic E-state index is 0.147. The number of nitrogen functional groups attached to an aromatic ring is 1. The topological polar surface area (TPSA) is 98.7 Å². The van der Waals surface area contributed by atoms with Crippen molar-refractivity contribution < 1.29 is 4.79 Å². The van der Waals surface area contributed by atoms with Crippen LogP contribution in [0.3, 0.4) is 0 Å². The first-order chi connectivity index (χ1) is 11.6. The number of aromatic nitrogens is 4. The fourth-order valence-electron chi connectivity index (χ4n) is 1.97. The van der Waals surface area contributed by atoms with Crippen LogP contribution in [0.5, 0.6) is 0 Å². The van der Waals surface area contributed by atoms with Crippen LogP contribution in [0.15, 0.2) is 58.4 Å². The highest BCUT2D eigenvalue weighted by molar-refractivity contribution is 9.10. The molecule has 0 aliphatic heterocycles. The summed E-state index contributed by atoms with van der Waals surface area (Å²) in [5.41, 5.74) is 1.53. The Kier molecular flexibility index (Phi) is 5.11. The Hall–Kier alpha value is -2.39. The van der Waals surface area contributed by atoms with Crippen molar-refractivity contribution in [2.24, 2.45) is 0 Å². The van der Waals surface area contributed by atoms with Crippen LogP contribution in [-0.2, 0) is 4.79 Å². The van der Waals surface area contributed by atoms with Gasteiger partial charge in [0.25, 0.3) is 0 Å². The molecule has 3 aromatic rings. The van der Waals surface area contributed by atoms with E-state index in [1.54, 1.807) is 24.5 Å². The Morgan fingerprint density at radius 3 is 2.79 bits per heavy atom. The zero-order valence-corrected chi connectivity index (χ0v) is 14.8. The molecule has 122 valence electrons. The summed E-state index contributed by atoms with van der Waals surface area (Å²) in [5.74, 6) is 6.56. The normalized spacial score (nSPS) is 10.5. The van der Waals surface area contributed by atoms with Crippen LogP contribution in [0.4, 0.5) is 5.69 Å². The summed E-state index contributed by atoms with van der Waals surface area (Å²) in [6.07, 6.45) is 3.31. The summed E-state index contributed by atoms with van der Waals surface area (Å²) >= 11 is 4.58. The number of pyridine rings is 1. The first-order valence-electron chi connectivity index (χ1n) is 6.92. The molecule has 24 heavy (non-hydrogen) atoms. The third kappa shape index (κ3) is 3.92. The second-order valence-electron chi connectivity index (χ2n) is 4.76. The molecule has 2 heterocycles. The fourth-order valence-corrected chi connectivity index (χ4v) is 3.02.